The van der Waals surface area contributed by atoms with Crippen molar-refractivity contribution in [2.24, 2.45) is 5.92 Å². The fourth-order valence-corrected chi connectivity index (χ4v) is 2.00. The number of carbonyl (C=O) groups excluding carboxylic acids is 1. The molecule has 1 saturated heterocycles. The van der Waals surface area contributed by atoms with Crippen molar-refractivity contribution >= 4 is 5.97 Å². The van der Waals surface area contributed by atoms with Crippen LogP contribution in [0.1, 0.15) is 12.8 Å². The normalized spacial score (nSPS) is 23.4. The molecule has 1 atom stereocenters. The number of piperidine rings is 1. The summed E-state index contributed by atoms with van der Waals surface area (Å²) in [6.45, 7) is 3.51. The lowest BCUT2D eigenvalue weighted by molar-refractivity contribution is -0.142. The summed E-state index contributed by atoms with van der Waals surface area (Å²) in [5, 5.41) is 3.18. The van der Waals surface area contributed by atoms with Gasteiger partial charge in [0.2, 0.25) is 0 Å². The van der Waals surface area contributed by atoms with E-state index in [1.165, 1.54) is 20.0 Å². The van der Waals surface area contributed by atoms with Crippen LogP contribution in [0.2, 0.25) is 0 Å². The van der Waals surface area contributed by atoms with Crippen molar-refractivity contribution in [1.29, 1.82) is 0 Å². The minimum absolute atomic E-state index is 0.130. The van der Waals surface area contributed by atoms with Gasteiger partial charge in [0.1, 0.15) is 0 Å². The van der Waals surface area contributed by atoms with Gasteiger partial charge < -0.3 is 10.1 Å². The van der Waals surface area contributed by atoms with Crippen LogP contribution in [0.5, 0.6) is 0 Å². The highest BCUT2D eigenvalue weighted by atomic mass is 16.5. The number of nitrogens with one attached hydrogen (secondary N) is 1. The maximum atomic E-state index is 11.1. The molecule has 0 saturated carbocycles. The Morgan fingerprint density at radius 1 is 1.64 bits per heavy atom. The van der Waals surface area contributed by atoms with Gasteiger partial charge in [-0.1, -0.05) is 0 Å². The lowest BCUT2D eigenvalue weighted by Gasteiger charge is -2.31. The molecular weight excluding hydrogens is 180 g/mol. The average Bonchev–Trinajstić information content (AvgIpc) is 2.19. The van der Waals surface area contributed by atoms with Gasteiger partial charge >= 0.3 is 5.97 Å². The Morgan fingerprint density at radius 3 is 3.07 bits per heavy atom. The molecule has 1 N–H and O–H groups in total. The predicted molar refractivity (Wildman–Crippen MR) is 55.1 cm³/mol. The predicted octanol–water partition coefficient (Wildman–Crippen LogP) is 0.0908. The largest absolute Gasteiger partial charge is 0.468 e. The maximum absolute atomic E-state index is 11.1. The monoisotopic (exact) mass is 200 g/mol. The van der Waals surface area contributed by atoms with Gasteiger partial charge in [-0.2, -0.15) is 0 Å². The fourth-order valence-electron chi connectivity index (χ4n) is 2.00. The first-order chi connectivity index (χ1) is 6.76. The molecule has 0 aromatic carbocycles. The summed E-state index contributed by atoms with van der Waals surface area (Å²) in [5.74, 6) is 0.550. The van der Waals surface area contributed by atoms with Gasteiger partial charge in [0.15, 0.2) is 0 Å². The molecule has 1 fully saturated rings. The Labute approximate surface area is 85.6 Å². The molecule has 1 rings (SSSR count). The molecule has 0 spiro atoms. The number of hydrogen-bond acceptors (Lipinski definition) is 4. The molecule has 4 heteroatoms. The van der Waals surface area contributed by atoms with Gasteiger partial charge in [0.25, 0.3) is 0 Å². The molecule has 0 aromatic heterocycles. The van der Waals surface area contributed by atoms with Gasteiger partial charge in [-0.05, 0) is 38.9 Å². The second kappa shape index (κ2) is 5.98. The average molecular weight is 200 g/mol. The highest BCUT2D eigenvalue weighted by molar-refractivity contribution is 5.71. The van der Waals surface area contributed by atoms with Crippen LogP contribution >= 0.6 is 0 Å². The van der Waals surface area contributed by atoms with Gasteiger partial charge in [-0.25, -0.2) is 0 Å². The molecule has 0 radical (unpaired) electrons. The number of methoxy groups -OCH3 is 1. The summed E-state index contributed by atoms with van der Waals surface area (Å²) in [5.41, 5.74) is 0. The summed E-state index contributed by atoms with van der Waals surface area (Å²) in [6, 6.07) is 0. The number of likely N-dealkylation sites (tertiary alicyclic amines) is 1. The molecule has 0 amide bonds. The molecule has 1 aliphatic rings. The minimum Gasteiger partial charge on any atom is -0.468 e. The summed E-state index contributed by atoms with van der Waals surface area (Å²) in [4.78, 5) is 13.2. The van der Waals surface area contributed by atoms with Gasteiger partial charge in [0.05, 0.1) is 13.7 Å². The maximum Gasteiger partial charge on any atom is 0.319 e. The van der Waals surface area contributed by atoms with Gasteiger partial charge in [-0.3, -0.25) is 9.69 Å². The zero-order chi connectivity index (χ0) is 10.4. The number of hydrogen-bond donors (Lipinski definition) is 1. The third kappa shape index (κ3) is 3.64. The van der Waals surface area contributed by atoms with E-state index in [0.29, 0.717) is 12.5 Å². The number of carbonyl (C=O) groups is 1. The van der Waals surface area contributed by atoms with Crippen LogP contribution in [0.25, 0.3) is 0 Å². The second-order valence-electron chi connectivity index (χ2n) is 3.88. The zero-order valence-corrected chi connectivity index (χ0v) is 9.08. The Bertz CT molecular complexity index is 183. The SMILES string of the molecule is CNCC1CCCN(CC(=O)OC)C1. The summed E-state index contributed by atoms with van der Waals surface area (Å²) < 4.78 is 4.65. The van der Waals surface area contributed by atoms with Crippen LogP contribution in [-0.4, -0.2) is 51.2 Å². The second-order valence-corrected chi connectivity index (χ2v) is 3.88. The molecule has 1 unspecified atom stereocenters. The van der Waals surface area contributed by atoms with Crippen molar-refractivity contribution < 1.29 is 9.53 Å². The van der Waals surface area contributed by atoms with Crippen molar-refractivity contribution in [3.05, 3.63) is 0 Å². The molecule has 4 nitrogen and oxygen atoms in total. The van der Waals surface area contributed by atoms with Crippen molar-refractivity contribution in [2.75, 3.05) is 40.3 Å². The third-order valence-corrected chi connectivity index (χ3v) is 2.68. The molecule has 1 aliphatic heterocycles. The molecule has 1 heterocycles. The first-order valence-corrected chi connectivity index (χ1v) is 5.20. The van der Waals surface area contributed by atoms with E-state index in [9.17, 15) is 4.79 Å². The summed E-state index contributed by atoms with van der Waals surface area (Å²) in [7, 11) is 3.41. The van der Waals surface area contributed by atoms with E-state index in [2.05, 4.69) is 15.0 Å². The third-order valence-electron chi connectivity index (χ3n) is 2.68. The quantitative estimate of drug-likeness (QED) is 0.653. The molecule has 82 valence electrons. The Balaban J connectivity index is 2.28. The van der Waals surface area contributed by atoms with E-state index in [0.717, 1.165) is 19.6 Å². The lowest BCUT2D eigenvalue weighted by atomic mass is 9.98. The fraction of sp³-hybridized carbons (Fsp3) is 0.900. The zero-order valence-electron chi connectivity index (χ0n) is 9.08. The first-order valence-electron chi connectivity index (χ1n) is 5.20. The molecule has 14 heavy (non-hydrogen) atoms. The smallest absolute Gasteiger partial charge is 0.319 e. The van der Waals surface area contributed by atoms with E-state index in [1.54, 1.807) is 0 Å². The van der Waals surface area contributed by atoms with Crippen LogP contribution in [0.3, 0.4) is 0 Å². The van der Waals surface area contributed by atoms with E-state index in [-0.39, 0.29) is 5.97 Å². The first kappa shape index (κ1) is 11.5. The highest BCUT2D eigenvalue weighted by Gasteiger charge is 2.20. The van der Waals surface area contributed by atoms with Gasteiger partial charge in [-0.15, -0.1) is 0 Å². The minimum atomic E-state index is -0.130. The molecule has 0 bridgehead atoms. The van der Waals surface area contributed by atoms with Crippen LogP contribution in [0.4, 0.5) is 0 Å². The Kier molecular flexibility index (Phi) is 4.90. The van der Waals surface area contributed by atoms with Crippen LogP contribution in [-0.2, 0) is 9.53 Å². The van der Waals surface area contributed by atoms with E-state index in [1.807, 2.05) is 7.05 Å². The number of ether oxygens (including phenoxy) is 1. The van der Waals surface area contributed by atoms with Crippen LogP contribution in [0.15, 0.2) is 0 Å². The van der Waals surface area contributed by atoms with Crippen molar-refractivity contribution in [3.8, 4) is 0 Å². The standard InChI is InChI=1S/C10H20N2O2/c1-11-6-9-4-3-5-12(7-9)8-10(13)14-2/h9,11H,3-8H2,1-2H3. The Hall–Kier alpha value is -0.610. The molecule has 0 aromatic rings. The van der Waals surface area contributed by atoms with Crippen molar-refractivity contribution in [2.45, 2.75) is 12.8 Å². The molecular formula is C10H20N2O2. The van der Waals surface area contributed by atoms with E-state index < -0.39 is 0 Å². The molecule has 0 aliphatic carbocycles. The van der Waals surface area contributed by atoms with Crippen LogP contribution < -0.4 is 5.32 Å². The van der Waals surface area contributed by atoms with Crippen LogP contribution in [0, 0.1) is 5.92 Å². The van der Waals surface area contributed by atoms with Crippen molar-refractivity contribution in [1.82, 2.24) is 10.2 Å². The summed E-state index contributed by atoms with van der Waals surface area (Å²) >= 11 is 0. The van der Waals surface area contributed by atoms with E-state index >= 15 is 0 Å². The topological polar surface area (TPSA) is 41.6 Å². The van der Waals surface area contributed by atoms with Gasteiger partial charge in [0, 0.05) is 6.54 Å². The number of rotatable bonds is 4. The highest BCUT2D eigenvalue weighted by Crippen LogP contribution is 2.15. The summed E-state index contributed by atoms with van der Waals surface area (Å²) in [6.07, 6.45) is 2.45. The van der Waals surface area contributed by atoms with Crippen molar-refractivity contribution in [3.63, 3.8) is 0 Å². The lowest BCUT2D eigenvalue weighted by Crippen LogP contribution is -2.41. The number of nitrogens with zero attached hydrogens (tertiary/aromatic N) is 1. The Morgan fingerprint density at radius 2 is 2.43 bits per heavy atom. The number of esters is 1. The van der Waals surface area contributed by atoms with E-state index in [4.69, 9.17) is 0 Å².